The lowest BCUT2D eigenvalue weighted by Gasteiger charge is -2.35. The van der Waals surface area contributed by atoms with Crippen LogP contribution in [0.3, 0.4) is 0 Å². The minimum Gasteiger partial charge on any atom is -0.461 e. The van der Waals surface area contributed by atoms with Gasteiger partial charge in [-0.05, 0) is 40.4 Å². The normalized spacial score (nSPS) is 12.2. The predicted octanol–water partition coefficient (Wildman–Crippen LogP) is 7.82. The number of furan rings is 1. The highest BCUT2D eigenvalue weighted by atomic mass is 79.9. The van der Waals surface area contributed by atoms with Crippen LogP contribution in [0.4, 0.5) is 0 Å². The Morgan fingerprint density at radius 3 is 2.20 bits per heavy atom. The fourth-order valence-corrected chi connectivity index (χ4v) is 6.02. The Hall–Kier alpha value is -2.17. The molecule has 0 saturated carbocycles. The van der Waals surface area contributed by atoms with Gasteiger partial charge in [0, 0.05) is 21.2 Å². The number of carbonyl (C=O) groups excluding carboxylic acids is 1. The maximum Gasteiger partial charge on any atom is 0.229 e. The summed E-state index contributed by atoms with van der Waals surface area (Å²) in [6, 6.07) is 11.9. The summed E-state index contributed by atoms with van der Waals surface area (Å²) in [5, 5.41) is 3.05. The first-order chi connectivity index (χ1) is 13.9. The smallest absolute Gasteiger partial charge is 0.229 e. The van der Waals surface area contributed by atoms with Crippen molar-refractivity contribution in [3.63, 3.8) is 0 Å². The highest BCUT2D eigenvalue weighted by Gasteiger charge is 2.43. The second-order valence-electron chi connectivity index (χ2n) is 9.42. The van der Waals surface area contributed by atoms with E-state index in [1.54, 1.807) is 0 Å². The van der Waals surface area contributed by atoms with Crippen LogP contribution in [0.15, 0.2) is 58.4 Å². The highest BCUT2D eigenvalue weighted by molar-refractivity contribution is 9.10. The van der Waals surface area contributed by atoms with Crippen LogP contribution in [0, 0.1) is 0 Å². The van der Waals surface area contributed by atoms with E-state index in [4.69, 9.17) is 4.42 Å². The third kappa shape index (κ3) is 3.67. The van der Waals surface area contributed by atoms with E-state index in [1.807, 2.05) is 49.4 Å². The molecule has 0 unspecified atom stereocenters. The Morgan fingerprint density at radius 1 is 1.13 bits per heavy atom. The number of hydrogen-bond donors (Lipinski definition) is 0. The third-order valence-corrected chi connectivity index (χ3v) is 12.2. The summed E-state index contributed by atoms with van der Waals surface area (Å²) < 4.78 is 7.19. The lowest BCUT2D eigenvalue weighted by molar-refractivity contribution is 0.101. The van der Waals surface area contributed by atoms with Crippen LogP contribution in [-0.2, 0) is 0 Å². The third-order valence-electron chi connectivity index (χ3n) is 6.30. The second kappa shape index (κ2) is 7.82. The Morgan fingerprint density at radius 2 is 1.70 bits per heavy atom. The minimum atomic E-state index is -2.05. The van der Waals surface area contributed by atoms with Crippen LogP contribution in [0.25, 0.3) is 22.4 Å². The van der Waals surface area contributed by atoms with E-state index in [-0.39, 0.29) is 10.8 Å². The van der Waals surface area contributed by atoms with E-state index in [0.29, 0.717) is 11.3 Å². The summed E-state index contributed by atoms with van der Waals surface area (Å²) >= 11 is 3.59. The maximum absolute atomic E-state index is 13.7. The summed E-state index contributed by atoms with van der Waals surface area (Å²) in [7, 11) is -2.05. The number of hydrogen-bond acceptors (Lipinski definition) is 2. The Bertz CT molecular complexity index is 1180. The van der Waals surface area contributed by atoms with Crippen LogP contribution >= 0.6 is 15.9 Å². The van der Waals surface area contributed by atoms with E-state index in [1.165, 1.54) is 0 Å². The molecule has 0 saturated heterocycles. The molecule has 0 aliphatic carbocycles. The second-order valence-corrected chi connectivity index (χ2v) is 15.5. The molecule has 2 aromatic carbocycles. The molecule has 2 nitrogen and oxygen atoms in total. The Balaban J connectivity index is 2.28. The number of ketones is 1. The van der Waals surface area contributed by atoms with Gasteiger partial charge in [0.1, 0.15) is 8.07 Å². The molecule has 0 spiro atoms. The van der Waals surface area contributed by atoms with Crippen molar-refractivity contribution in [3.8, 4) is 0 Å². The summed E-state index contributed by atoms with van der Waals surface area (Å²) in [5.74, 6) is 0.215. The molecule has 156 valence electrons. The van der Waals surface area contributed by atoms with E-state index < -0.39 is 8.07 Å². The van der Waals surface area contributed by atoms with Gasteiger partial charge in [0.2, 0.25) is 5.78 Å². The van der Waals surface area contributed by atoms with Crippen molar-refractivity contribution in [2.24, 2.45) is 0 Å². The highest BCUT2D eigenvalue weighted by Crippen LogP contribution is 2.39. The molecule has 4 heteroatoms. The van der Waals surface area contributed by atoms with Gasteiger partial charge >= 0.3 is 0 Å². The zero-order chi connectivity index (χ0) is 22.4. The van der Waals surface area contributed by atoms with Crippen molar-refractivity contribution in [2.75, 3.05) is 0 Å². The zero-order valence-corrected chi connectivity index (χ0v) is 21.2. The van der Waals surface area contributed by atoms with Crippen molar-refractivity contribution >= 4 is 57.6 Å². The van der Waals surface area contributed by atoms with Crippen LogP contribution in [0.2, 0.25) is 18.1 Å². The SMILES string of the molecule is C=Cc1c([Si](C)(C)C(C)(C)C)oc(C(=O)c2cc3ccccc3cc2Br)c1C(=C)C. The lowest BCUT2D eigenvalue weighted by Crippen LogP contribution is -2.50. The van der Waals surface area contributed by atoms with Crippen LogP contribution < -0.4 is 5.38 Å². The molecular formula is C26H29BrO2Si. The maximum atomic E-state index is 13.7. The van der Waals surface area contributed by atoms with E-state index in [2.05, 4.69) is 63.0 Å². The van der Waals surface area contributed by atoms with Crippen LogP contribution in [0.5, 0.6) is 0 Å². The van der Waals surface area contributed by atoms with E-state index >= 15 is 0 Å². The summed E-state index contributed by atoms with van der Waals surface area (Å²) in [5.41, 5.74) is 3.07. The zero-order valence-electron chi connectivity index (χ0n) is 18.7. The molecule has 3 rings (SSSR count). The van der Waals surface area contributed by atoms with Gasteiger partial charge in [-0.1, -0.05) is 93.3 Å². The van der Waals surface area contributed by atoms with Crippen LogP contribution in [0.1, 0.15) is 54.9 Å². The van der Waals surface area contributed by atoms with Gasteiger partial charge in [0.05, 0.1) is 5.38 Å². The molecule has 0 N–H and O–H groups in total. The number of rotatable bonds is 5. The monoisotopic (exact) mass is 480 g/mol. The van der Waals surface area contributed by atoms with Crippen molar-refractivity contribution in [1.29, 1.82) is 0 Å². The number of benzene rings is 2. The van der Waals surface area contributed by atoms with Crippen molar-refractivity contribution in [3.05, 3.63) is 76.5 Å². The molecule has 30 heavy (non-hydrogen) atoms. The topological polar surface area (TPSA) is 30.2 Å². The molecule has 1 aromatic heterocycles. The fraction of sp³-hybridized carbons (Fsp3) is 0.269. The van der Waals surface area contributed by atoms with Gasteiger partial charge in [-0.25, -0.2) is 0 Å². The van der Waals surface area contributed by atoms with Crippen LogP contribution in [-0.4, -0.2) is 13.9 Å². The Kier molecular flexibility index (Phi) is 5.87. The van der Waals surface area contributed by atoms with Crippen molar-refractivity contribution < 1.29 is 9.21 Å². The van der Waals surface area contributed by atoms with Gasteiger partial charge in [-0.3, -0.25) is 4.79 Å². The molecule has 3 aromatic rings. The van der Waals surface area contributed by atoms with Crippen molar-refractivity contribution in [1.82, 2.24) is 0 Å². The molecule has 1 heterocycles. The summed E-state index contributed by atoms with van der Waals surface area (Å²) in [6.45, 7) is 21.4. The number of carbonyl (C=O) groups is 1. The standard InChI is InChI=1S/C26H29BrO2Si/c1-9-19-22(16(2)3)24(29-25(19)30(7,8)26(4,5)6)23(28)20-14-17-12-10-11-13-18(17)15-21(20)27/h9-15H,1-2H2,3-8H3. The van der Waals surface area contributed by atoms with Crippen molar-refractivity contribution in [2.45, 2.75) is 45.8 Å². The Labute approximate surface area is 188 Å². The van der Waals surface area contributed by atoms with Gasteiger partial charge in [-0.15, -0.1) is 0 Å². The molecule has 0 atom stereocenters. The van der Waals surface area contributed by atoms with Gasteiger partial charge < -0.3 is 4.42 Å². The van der Waals surface area contributed by atoms with Gasteiger partial charge in [-0.2, -0.15) is 0 Å². The molecule has 0 aliphatic rings. The first-order valence-corrected chi connectivity index (χ1v) is 13.9. The fourth-order valence-electron chi connectivity index (χ4n) is 3.54. The number of allylic oxidation sites excluding steroid dienone is 1. The predicted molar refractivity (Wildman–Crippen MR) is 135 cm³/mol. The van der Waals surface area contributed by atoms with Gasteiger partial charge in [0.25, 0.3) is 0 Å². The molecular weight excluding hydrogens is 452 g/mol. The average molecular weight is 482 g/mol. The average Bonchev–Trinajstić information content (AvgIpc) is 3.06. The summed E-state index contributed by atoms with van der Waals surface area (Å²) in [6.07, 6.45) is 1.82. The molecule has 0 radical (unpaired) electrons. The molecule has 0 bridgehead atoms. The number of fused-ring (bicyclic) bond motifs is 1. The quantitative estimate of drug-likeness (QED) is 0.275. The summed E-state index contributed by atoms with van der Waals surface area (Å²) in [4.78, 5) is 13.7. The first kappa shape index (κ1) is 22.5. The van der Waals surface area contributed by atoms with Gasteiger partial charge in [0.15, 0.2) is 5.76 Å². The lowest BCUT2D eigenvalue weighted by atomic mass is 9.97. The van der Waals surface area contributed by atoms with E-state index in [0.717, 1.165) is 37.3 Å². The molecule has 0 fully saturated rings. The minimum absolute atomic E-state index is 0.0544. The first-order valence-electron chi connectivity index (χ1n) is 10.1. The largest absolute Gasteiger partial charge is 0.461 e. The van der Waals surface area contributed by atoms with E-state index in [9.17, 15) is 4.79 Å². The molecule has 0 aliphatic heterocycles. The number of halogens is 1. The molecule has 0 amide bonds.